The van der Waals surface area contributed by atoms with Gasteiger partial charge in [0.15, 0.2) is 0 Å². The van der Waals surface area contributed by atoms with E-state index in [2.05, 4.69) is 0 Å². The van der Waals surface area contributed by atoms with Crippen molar-refractivity contribution in [2.45, 2.75) is 13.1 Å². The van der Waals surface area contributed by atoms with E-state index in [1.54, 1.807) is 19.1 Å². The molecule has 1 rings (SSSR count). The van der Waals surface area contributed by atoms with Gasteiger partial charge in [-0.1, -0.05) is 24.3 Å². The Balaban J connectivity index is 3.08. The molecule has 0 amide bonds. The van der Waals surface area contributed by atoms with Crippen LogP contribution in [-0.2, 0) is 6.18 Å². The molecule has 1 N–H and O–H groups in total. The van der Waals surface area contributed by atoms with Gasteiger partial charge in [-0.05, 0) is 25.1 Å². The first-order valence-electron chi connectivity index (χ1n) is 4.64. The highest BCUT2D eigenvalue weighted by molar-refractivity contribution is 5.60. The third kappa shape index (κ3) is 3.15. The Bertz CT molecular complexity index is 417. The predicted molar refractivity (Wildman–Crippen MR) is 56.9 cm³/mol. The largest absolute Gasteiger partial charge is 0.507 e. The fourth-order valence-corrected chi connectivity index (χ4v) is 1.14. The van der Waals surface area contributed by atoms with Crippen LogP contribution in [0.3, 0.4) is 0 Å². The summed E-state index contributed by atoms with van der Waals surface area (Å²) in [5, 5.41) is 9.48. The van der Waals surface area contributed by atoms with Crippen LogP contribution in [0.2, 0.25) is 0 Å². The third-order valence-corrected chi connectivity index (χ3v) is 1.93. The molecule has 0 heterocycles. The lowest BCUT2D eigenvalue weighted by Crippen LogP contribution is -2.04. The van der Waals surface area contributed by atoms with E-state index in [0.717, 1.165) is 12.1 Å². The molecule has 0 aromatic heterocycles. The van der Waals surface area contributed by atoms with Gasteiger partial charge in [-0.15, -0.1) is 0 Å². The van der Waals surface area contributed by atoms with Gasteiger partial charge in [0.25, 0.3) is 0 Å². The van der Waals surface area contributed by atoms with E-state index < -0.39 is 11.7 Å². The van der Waals surface area contributed by atoms with Crippen molar-refractivity contribution >= 4 is 5.76 Å². The smallest absolute Gasteiger partial charge is 0.416 e. The molecule has 4 heteroatoms. The van der Waals surface area contributed by atoms with Crippen LogP contribution in [0, 0.1) is 0 Å². The van der Waals surface area contributed by atoms with Crippen molar-refractivity contribution in [1.82, 2.24) is 0 Å². The highest BCUT2D eigenvalue weighted by atomic mass is 19.4. The van der Waals surface area contributed by atoms with Crippen LogP contribution in [0.25, 0.3) is 5.76 Å². The lowest BCUT2D eigenvalue weighted by atomic mass is 10.1. The van der Waals surface area contributed by atoms with Crippen molar-refractivity contribution in [1.29, 1.82) is 0 Å². The van der Waals surface area contributed by atoms with Gasteiger partial charge in [0.2, 0.25) is 0 Å². The molecule has 86 valence electrons. The Morgan fingerprint density at radius 2 is 2.00 bits per heavy atom. The molecule has 16 heavy (non-hydrogen) atoms. The Morgan fingerprint density at radius 1 is 1.31 bits per heavy atom. The monoisotopic (exact) mass is 228 g/mol. The van der Waals surface area contributed by atoms with E-state index in [-0.39, 0.29) is 11.3 Å². The summed E-state index contributed by atoms with van der Waals surface area (Å²) in [5.74, 6) is -0.191. The molecule has 0 aliphatic carbocycles. The number of aliphatic hydroxyl groups is 1. The number of alkyl halides is 3. The molecule has 0 atom stereocenters. The minimum Gasteiger partial charge on any atom is -0.507 e. The normalized spacial score (nSPS) is 13.4. The minimum atomic E-state index is -4.39. The second-order valence-corrected chi connectivity index (χ2v) is 3.16. The first kappa shape index (κ1) is 12.4. The fourth-order valence-electron chi connectivity index (χ4n) is 1.14. The fraction of sp³-hybridized carbons (Fsp3) is 0.167. The van der Waals surface area contributed by atoms with Gasteiger partial charge in [-0.3, -0.25) is 0 Å². The molecule has 1 aromatic rings. The quantitative estimate of drug-likeness (QED) is 0.594. The standard InChI is InChI=1S/C12H11F3O/c1-2-3-7-11(16)9-5-4-6-10(8-9)12(13,14)15/h2-8,16H,1H3/b3-2+,11-7-. The lowest BCUT2D eigenvalue weighted by molar-refractivity contribution is -0.137. The SMILES string of the molecule is C/C=C/C=C(\O)c1cccc(C(F)(F)F)c1. The maximum atomic E-state index is 12.4. The van der Waals surface area contributed by atoms with Gasteiger partial charge < -0.3 is 5.11 Å². The molecule has 1 aromatic carbocycles. The summed E-state index contributed by atoms with van der Waals surface area (Å²) in [6.45, 7) is 1.75. The van der Waals surface area contributed by atoms with E-state index in [4.69, 9.17) is 0 Å². The van der Waals surface area contributed by atoms with Crippen LogP contribution in [0.5, 0.6) is 0 Å². The van der Waals surface area contributed by atoms with Crippen molar-refractivity contribution < 1.29 is 18.3 Å². The summed E-state index contributed by atoms with van der Waals surface area (Å²) in [6, 6.07) is 4.56. The molecule has 0 saturated carbocycles. The molecule has 0 unspecified atom stereocenters. The molecular weight excluding hydrogens is 217 g/mol. The van der Waals surface area contributed by atoms with E-state index in [1.807, 2.05) is 0 Å². The summed E-state index contributed by atoms with van der Waals surface area (Å²) < 4.78 is 37.1. The summed E-state index contributed by atoms with van der Waals surface area (Å²) >= 11 is 0. The zero-order chi connectivity index (χ0) is 12.2. The molecule has 0 bridgehead atoms. The maximum Gasteiger partial charge on any atom is 0.416 e. The van der Waals surface area contributed by atoms with E-state index in [9.17, 15) is 18.3 Å². The van der Waals surface area contributed by atoms with Crippen LogP contribution >= 0.6 is 0 Å². The molecular formula is C12H11F3O. The summed E-state index contributed by atoms with van der Waals surface area (Å²) in [4.78, 5) is 0. The molecule has 0 spiro atoms. The number of benzene rings is 1. The van der Waals surface area contributed by atoms with Crippen LogP contribution in [0.4, 0.5) is 13.2 Å². The van der Waals surface area contributed by atoms with Gasteiger partial charge in [0.1, 0.15) is 5.76 Å². The number of rotatable bonds is 2. The molecule has 0 fully saturated rings. The number of allylic oxidation sites excluding steroid dienone is 3. The Hall–Kier alpha value is -1.71. The number of hydrogen-bond donors (Lipinski definition) is 1. The molecule has 0 aliphatic rings. The van der Waals surface area contributed by atoms with Crippen molar-refractivity contribution in [2.75, 3.05) is 0 Å². The Labute approximate surface area is 91.5 Å². The first-order chi connectivity index (χ1) is 7.45. The number of halogens is 3. The van der Waals surface area contributed by atoms with Gasteiger partial charge in [0, 0.05) is 5.56 Å². The van der Waals surface area contributed by atoms with E-state index >= 15 is 0 Å². The van der Waals surface area contributed by atoms with Crippen LogP contribution in [0.1, 0.15) is 18.1 Å². The zero-order valence-electron chi connectivity index (χ0n) is 8.62. The van der Waals surface area contributed by atoms with Crippen molar-refractivity contribution in [3.8, 4) is 0 Å². The Kier molecular flexibility index (Phi) is 3.77. The van der Waals surface area contributed by atoms with E-state index in [1.165, 1.54) is 18.2 Å². The average Bonchev–Trinajstić information content (AvgIpc) is 2.25. The third-order valence-electron chi connectivity index (χ3n) is 1.93. The number of aliphatic hydroxyl groups excluding tert-OH is 1. The molecule has 0 aliphatic heterocycles. The van der Waals surface area contributed by atoms with Gasteiger partial charge in [0.05, 0.1) is 5.56 Å². The average molecular weight is 228 g/mol. The number of hydrogen-bond acceptors (Lipinski definition) is 1. The van der Waals surface area contributed by atoms with Gasteiger partial charge in [-0.25, -0.2) is 0 Å². The Morgan fingerprint density at radius 3 is 2.56 bits per heavy atom. The summed E-state index contributed by atoms with van der Waals surface area (Å²) in [6.07, 6.45) is 0.172. The van der Waals surface area contributed by atoms with Crippen LogP contribution < -0.4 is 0 Å². The second kappa shape index (κ2) is 4.88. The molecule has 0 saturated heterocycles. The summed E-state index contributed by atoms with van der Waals surface area (Å²) in [5.41, 5.74) is -0.627. The van der Waals surface area contributed by atoms with E-state index in [0.29, 0.717) is 0 Å². The minimum absolute atomic E-state index is 0.146. The maximum absolute atomic E-state index is 12.4. The highest BCUT2D eigenvalue weighted by Gasteiger charge is 2.30. The van der Waals surface area contributed by atoms with Crippen molar-refractivity contribution in [3.63, 3.8) is 0 Å². The first-order valence-corrected chi connectivity index (χ1v) is 4.64. The van der Waals surface area contributed by atoms with Crippen LogP contribution in [-0.4, -0.2) is 5.11 Å². The predicted octanol–water partition coefficient (Wildman–Crippen LogP) is 4.18. The second-order valence-electron chi connectivity index (χ2n) is 3.16. The molecule has 1 nitrogen and oxygen atoms in total. The zero-order valence-corrected chi connectivity index (χ0v) is 8.62. The van der Waals surface area contributed by atoms with Gasteiger partial charge >= 0.3 is 6.18 Å². The highest BCUT2D eigenvalue weighted by Crippen LogP contribution is 2.30. The van der Waals surface area contributed by atoms with Gasteiger partial charge in [-0.2, -0.15) is 13.2 Å². The van der Waals surface area contributed by atoms with Crippen LogP contribution in [0.15, 0.2) is 42.5 Å². The molecule has 0 radical (unpaired) electrons. The summed E-state index contributed by atoms with van der Waals surface area (Å²) in [7, 11) is 0. The lowest BCUT2D eigenvalue weighted by Gasteiger charge is -2.07. The van der Waals surface area contributed by atoms with Crippen molar-refractivity contribution in [2.24, 2.45) is 0 Å². The van der Waals surface area contributed by atoms with Crippen molar-refractivity contribution in [3.05, 3.63) is 53.6 Å². The topological polar surface area (TPSA) is 20.2 Å².